The van der Waals surface area contributed by atoms with Gasteiger partial charge in [0, 0.05) is 11.3 Å². The van der Waals surface area contributed by atoms with E-state index < -0.39 is 6.67 Å². The Labute approximate surface area is 64.1 Å². The molecule has 0 aliphatic rings. The van der Waals surface area contributed by atoms with E-state index in [1.165, 1.54) is 12.1 Å². The van der Waals surface area contributed by atoms with Crippen LogP contribution >= 0.6 is 0 Å². The van der Waals surface area contributed by atoms with E-state index in [-0.39, 0.29) is 0 Å². The summed E-state index contributed by atoms with van der Waals surface area (Å²) in [5.41, 5.74) is 6.57. The third kappa shape index (κ3) is 1.47. The number of alkyl halides is 1. The largest absolute Gasteiger partial charge is 0.399 e. The molecule has 3 heteroatoms. The Bertz CT molecular complexity index is 301. The van der Waals surface area contributed by atoms with E-state index in [9.17, 15) is 4.39 Å². The van der Waals surface area contributed by atoms with Gasteiger partial charge in [0.1, 0.15) is 6.67 Å². The van der Waals surface area contributed by atoms with Crippen LogP contribution in [-0.4, -0.2) is 0 Å². The molecular weight excluding hydrogens is 143 g/mol. The highest BCUT2D eigenvalue weighted by Gasteiger charge is 2.00. The SMILES string of the molecule is N#Cc1ccc(N)cc1CF. The average Bonchev–Trinajstić information content (AvgIpc) is 2.04. The van der Waals surface area contributed by atoms with Crippen LogP contribution < -0.4 is 5.73 Å². The number of hydrogen-bond donors (Lipinski definition) is 1. The third-order valence-electron chi connectivity index (χ3n) is 1.39. The van der Waals surface area contributed by atoms with E-state index in [0.29, 0.717) is 16.8 Å². The van der Waals surface area contributed by atoms with E-state index >= 15 is 0 Å². The van der Waals surface area contributed by atoms with E-state index in [1.807, 2.05) is 6.07 Å². The zero-order valence-corrected chi connectivity index (χ0v) is 5.84. The van der Waals surface area contributed by atoms with Crippen LogP contribution in [0.2, 0.25) is 0 Å². The van der Waals surface area contributed by atoms with E-state index in [0.717, 1.165) is 0 Å². The summed E-state index contributed by atoms with van der Waals surface area (Å²) in [7, 11) is 0. The highest BCUT2D eigenvalue weighted by molar-refractivity contribution is 5.48. The summed E-state index contributed by atoms with van der Waals surface area (Å²) in [4.78, 5) is 0. The Hall–Kier alpha value is -1.56. The summed E-state index contributed by atoms with van der Waals surface area (Å²) in [6.45, 7) is -0.645. The zero-order chi connectivity index (χ0) is 8.27. The number of benzene rings is 1. The molecule has 1 rings (SSSR count). The van der Waals surface area contributed by atoms with Crippen molar-refractivity contribution in [3.63, 3.8) is 0 Å². The Morgan fingerprint density at radius 2 is 2.27 bits per heavy atom. The first-order chi connectivity index (χ1) is 5.27. The van der Waals surface area contributed by atoms with Crippen molar-refractivity contribution in [3.05, 3.63) is 29.3 Å². The maximum Gasteiger partial charge on any atom is 0.116 e. The van der Waals surface area contributed by atoms with Crippen molar-refractivity contribution in [3.8, 4) is 6.07 Å². The topological polar surface area (TPSA) is 49.8 Å². The molecule has 0 amide bonds. The molecule has 1 aromatic carbocycles. The molecule has 2 nitrogen and oxygen atoms in total. The lowest BCUT2D eigenvalue weighted by atomic mass is 10.1. The van der Waals surface area contributed by atoms with Crippen LogP contribution in [0.1, 0.15) is 11.1 Å². The second kappa shape index (κ2) is 3.02. The molecule has 0 saturated carbocycles. The van der Waals surface area contributed by atoms with Crippen LogP contribution in [0.25, 0.3) is 0 Å². The maximum absolute atomic E-state index is 12.1. The van der Waals surface area contributed by atoms with Gasteiger partial charge in [-0.1, -0.05) is 0 Å². The van der Waals surface area contributed by atoms with Gasteiger partial charge in [0.15, 0.2) is 0 Å². The van der Waals surface area contributed by atoms with Crippen molar-refractivity contribution >= 4 is 5.69 Å². The van der Waals surface area contributed by atoms with Gasteiger partial charge in [-0.05, 0) is 18.2 Å². The van der Waals surface area contributed by atoms with Crippen LogP contribution in [0, 0.1) is 11.3 Å². The van der Waals surface area contributed by atoms with Gasteiger partial charge in [-0.2, -0.15) is 5.26 Å². The molecule has 0 aromatic heterocycles. The molecule has 0 spiro atoms. The molecular formula is C8H7FN2. The Morgan fingerprint density at radius 3 is 2.82 bits per heavy atom. The molecule has 0 bridgehead atoms. The van der Waals surface area contributed by atoms with Crippen molar-refractivity contribution in [1.82, 2.24) is 0 Å². The summed E-state index contributed by atoms with van der Waals surface area (Å²) in [6.07, 6.45) is 0. The number of rotatable bonds is 1. The quantitative estimate of drug-likeness (QED) is 0.618. The summed E-state index contributed by atoms with van der Waals surface area (Å²) in [5, 5.41) is 8.48. The molecule has 0 radical (unpaired) electrons. The summed E-state index contributed by atoms with van der Waals surface area (Å²) < 4.78 is 12.1. The Balaban J connectivity index is 3.19. The Kier molecular flexibility index (Phi) is 2.07. The molecule has 0 saturated heterocycles. The van der Waals surface area contributed by atoms with Crippen LogP contribution in [0.5, 0.6) is 0 Å². The molecule has 0 atom stereocenters. The van der Waals surface area contributed by atoms with Crippen LogP contribution in [-0.2, 0) is 6.67 Å². The zero-order valence-electron chi connectivity index (χ0n) is 5.84. The van der Waals surface area contributed by atoms with Gasteiger partial charge in [-0.15, -0.1) is 0 Å². The van der Waals surface area contributed by atoms with Crippen molar-refractivity contribution in [2.45, 2.75) is 6.67 Å². The van der Waals surface area contributed by atoms with Crippen molar-refractivity contribution in [2.24, 2.45) is 0 Å². The number of nitrogens with two attached hydrogens (primary N) is 1. The lowest BCUT2D eigenvalue weighted by molar-refractivity contribution is 0.485. The van der Waals surface area contributed by atoms with Crippen molar-refractivity contribution in [2.75, 3.05) is 5.73 Å². The van der Waals surface area contributed by atoms with Gasteiger partial charge in [-0.3, -0.25) is 0 Å². The summed E-state index contributed by atoms with van der Waals surface area (Å²) in [5.74, 6) is 0. The lowest BCUT2D eigenvalue weighted by Crippen LogP contribution is -1.90. The predicted octanol–water partition coefficient (Wildman–Crippen LogP) is 1.61. The maximum atomic E-state index is 12.1. The van der Waals surface area contributed by atoms with Crippen LogP contribution in [0.4, 0.5) is 10.1 Å². The smallest absolute Gasteiger partial charge is 0.116 e. The number of halogens is 1. The monoisotopic (exact) mass is 150 g/mol. The molecule has 11 heavy (non-hydrogen) atoms. The third-order valence-corrected chi connectivity index (χ3v) is 1.39. The second-order valence-corrected chi connectivity index (χ2v) is 2.16. The van der Waals surface area contributed by atoms with E-state index in [4.69, 9.17) is 11.0 Å². The normalized spacial score (nSPS) is 9.09. The number of anilines is 1. The molecule has 0 aliphatic carbocycles. The molecule has 1 aromatic rings. The van der Waals surface area contributed by atoms with Gasteiger partial charge in [0.25, 0.3) is 0 Å². The van der Waals surface area contributed by atoms with Crippen LogP contribution in [0.3, 0.4) is 0 Å². The predicted molar refractivity (Wildman–Crippen MR) is 40.4 cm³/mol. The first-order valence-corrected chi connectivity index (χ1v) is 3.12. The minimum absolute atomic E-state index is 0.349. The fraction of sp³-hybridized carbons (Fsp3) is 0.125. The summed E-state index contributed by atoms with van der Waals surface area (Å²) in [6, 6.07) is 6.45. The van der Waals surface area contributed by atoms with Gasteiger partial charge in [0.05, 0.1) is 11.6 Å². The molecule has 56 valence electrons. The standard InChI is InChI=1S/C8H7FN2/c9-4-7-3-8(11)2-1-6(7)5-10/h1-3H,4,11H2. The minimum atomic E-state index is -0.645. The highest BCUT2D eigenvalue weighted by atomic mass is 19.1. The number of nitrogen functional groups attached to an aromatic ring is 1. The second-order valence-electron chi connectivity index (χ2n) is 2.16. The van der Waals surface area contributed by atoms with Crippen LogP contribution in [0.15, 0.2) is 18.2 Å². The molecule has 0 unspecified atom stereocenters. The number of hydrogen-bond acceptors (Lipinski definition) is 2. The van der Waals surface area contributed by atoms with Crippen molar-refractivity contribution < 1.29 is 4.39 Å². The first-order valence-electron chi connectivity index (χ1n) is 3.12. The Morgan fingerprint density at radius 1 is 1.55 bits per heavy atom. The van der Waals surface area contributed by atoms with Crippen molar-refractivity contribution in [1.29, 1.82) is 5.26 Å². The molecule has 0 heterocycles. The fourth-order valence-electron chi connectivity index (χ4n) is 0.833. The van der Waals surface area contributed by atoms with E-state index in [1.54, 1.807) is 6.07 Å². The molecule has 2 N–H and O–H groups in total. The fourth-order valence-corrected chi connectivity index (χ4v) is 0.833. The summed E-state index contributed by atoms with van der Waals surface area (Å²) >= 11 is 0. The first kappa shape index (κ1) is 7.55. The lowest BCUT2D eigenvalue weighted by Gasteiger charge is -1.98. The van der Waals surface area contributed by atoms with Gasteiger partial charge in [-0.25, -0.2) is 4.39 Å². The minimum Gasteiger partial charge on any atom is -0.399 e. The highest BCUT2D eigenvalue weighted by Crippen LogP contribution is 2.13. The molecule has 0 fully saturated rings. The van der Waals surface area contributed by atoms with E-state index in [2.05, 4.69) is 0 Å². The number of nitriles is 1. The van der Waals surface area contributed by atoms with Gasteiger partial charge in [0.2, 0.25) is 0 Å². The molecule has 0 aliphatic heterocycles. The average molecular weight is 150 g/mol. The number of nitrogens with zero attached hydrogens (tertiary/aromatic N) is 1. The van der Waals surface area contributed by atoms with Gasteiger partial charge < -0.3 is 5.73 Å². The van der Waals surface area contributed by atoms with Gasteiger partial charge >= 0.3 is 0 Å².